The number of ether oxygens (including phenoxy) is 1. The lowest BCUT2D eigenvalue weighted by Gasteiger charge is -2.43. The third-order valence-corrected chi connectivity index (χ3v) is 3.73. The minimum Gasteiger partial charge on any atom is -0.369 e. The second-order valence-corrected chi connectivity index (χ2v) is 5.85. The topological polar surface area (TPSA) is 29.6 Å². The van der Waals surface area contributed by atoms with Gasteiger partial charge in [0.1, 0.15) is 11.4 Å². The minimum atomic E-state index is -0.261. The molecule has 0 amide bonds. The Hall–Kier alpha value is -0.370. The molecule has 0 radical (unpaired) electrons. The molecule has 1 aliphatic heterocycles. The molecule has 13 heavy (non-hydrogen) atoms. The summed E-state index contributed by atoms with van der Waals surface area (Å²) in [6.07, 6.45) is 1.73. The van der Waals surface area contributed by atoms with Crippen molar-refractivity contribution in [3.8, 4) is 0 Å². The lowest BCUT2D eigenvalue weighted by molar-refractivity contribution is -0.138. The molecule has 74 valence electrons. The molecular weight excluding hydrogens is 164 g/mol. The van der Waals surface area contributed by atoms with Crippen LogP contribution in [0.4, 0.5) is 0 Å². The van der Waals surface area contributed by atoms with E-state index in [9.17, 15) is 4.79 Å². The van der Waals surface area contributed by atoms with Crippen molar-refractivity contribution in [1.29, 1.82) is 0 Å². The summed E-state index contributed by atoms with van der Waals surface area (Å²) < 4.78 is 5.54. The Morgan fingerprint density at radius 2 is 1.77 bits per heavy atom. The fourth-order valence-corrected chi connectivity index (χ4v) is 2.52. The molecule has 1 saturated carbocycles. The van der Waals surface area contributed by atoms with E-state index in [1.54, 1.807) is 0 Å². The molecule has 1 heterocycles. The Balaban J connectivity index is 2.32. The molecule has 2 rings (SSSR count). The third-order valence-electron chi connectivity index (χ3n) is 3.73. The maximum atomic E-state index is 11.9. The van der Waals surface area contributed by atoms with Gasteiger partial charge in [-0.15, -0.1) is 0 Å². The van der Waals surface area contributed by atoms with E-state index >= 15 is 0 Å². The Morgan fingerprint density at radius 3 is 2.23 bits per heavy atom. The van der Waals surface area contributed by atoms with E-state index in [0.717, 1.165) is 13.0 Å². The molecule has 0 N–H and O–H groups in total. The zero-order valence-electron chi connectivity index (χ0n) is 8.94. The Labute approximate surface area is 79.7 Å². The number of rotatable bonds is 0. The Bertz CT molecular complexity index is 259. The maximum Gasteiger partial charge on any atom is 0.141 e. The standard InChI is InChI=1S/C11H18O2/c1-9(2)5-8(12)10(3,4)11(6-9)7-13-11/h5-7H2,1-4H3. The first-order valence-electron chi connectivity index (χ1n) is 4.96. The van der Waals surface area contributed by atoms with Gasteiger partial charge in [-0.3, -0.25) is 4.79 Å². The number of hydrogen-bond acceptors (Lipinski definition) is 2. The fraction of sp³-hybridized carbons (Fsp3) is 0.909. The summed E-state index contributed by atoms with van der Waals surface area (Å²) in [6, 6.07) is 0. The molecule has 0 aromatic heterocycles. The van der Waals surface area contributed by atoms with Crippen LogP contribution in [0.2, 0.25) is 0 Å². The smallest absolute Gasteiger partial charge is 0.141 e. The lowest BCUT2D eigenvalue weighted by Crippen LogP contribution is -2.49. The Morgan fingerprint density at radius 1 is 1.23 bits per heavy atom. The number of carbonyl (C=O) groups is 1. The van der Waals surface area contributed by atoms with E-state index in [4.69, 9.17) is 4.74 Å². The highest BCUT2D eigenvalue weighted by Crippen LogP contribution is 2.57. The van der Waals surface area contributed by atoms with Crippen molar-refractivity contribution in [2.45, 2.75) is 46.1 Å². The van der Waals surface area contributed by atoms with Crippen LogP contribution in [-0.2, 0) is 9.53 Å². The van der Waals surface area contributed by atoms with Gasteiger partial charge in [0.15, 0.2) is 0 Å². The highest BCUT2D eigenvalue weighted by molar-refractivity contribution is 5.87. The number of ketones is 1. The molecule has 2 aliphatic rings. The summed E-state index contributed by atoms with van der Waals surface area (Å²) in [5.41, 5.74) is -0.253. The van der Waals surface area contributed by atoms with Gasteiger partial charge in [-0.2, -0.15) is 0 Å². The van der Waals surface area contributed by atoms with E-state index in [0.29, 0.717) is 12.2 Å². The summed E-state index contributed by atoms with van der Waals surface area (Å²) in [5.74, 6) is 0.362. The first-order valence-corrected chi connectivity index (χ1v) is 4.96. The second kappa shape index (κ2) is 2.17. The largest absolute Gasteiger partial charge is 0.369 e. The van der Waals surface area contributed by atoms with Crippen LogP contribution in [0.5, 0.6) is 0 Å². The minimum absolute atomic E-state index is 0.119. The van der Waals surface area contributed by atoms with Crippen molar-refractivity contribution in [2.75, 3.05) is 6.61 Å². The second-order valence-electron chi connectivity index (χ2n) is 5.85. The summed E-state index contributed by atoms with van der Waals surface area (Å²) >= 11 is 0. The molecule has 1 saturated heterocycles. The van der Waals surface area contributed by atoms with Gasteiger partial charge in [0.25, 0.3) is 0 Å². The molecule has 0 aromatic carbocycles. The number of epoxide rings is 1. The molecule has 2 heteroatoms. The van der Waals surface area contributed by atoms with Gasteiger partial charge < -0.3 is 4.74 Å². The van der Waals surface area contributed by atoms with E-state index in [-0.39, 0.29) is 16.4 Å². The predicted molar refractivity (Wildman–Crippen MR) is 50.5 cm³/mol. The van der Waals surface area contributed by atoms with Crippen LogP contribution in [-0.4, -0.2) is 18.0 Å². The van der Waals surface area contributed by atoms with Crippen LogP contribution >= 0.6 is 0 Å². The predicted octanol–water partition coefficient (Wildman–Crippen LogP) is 2.17. The lowest BCUT2D eigenvalue weighted by atomic mass is 9.60. The fourth-order valence-electron chi connectivity index (χ4n) is 2.52. The van der Waals surface area contributed by atoms with Crippen LogP contribution in [0.25, 0.3) is 0 Å². The highest BCUT2D eigenvalue weighted by Gasteiger charge is 2.64. The van der Waals surface area contributed by atoms with Crippen LogP contribution in [0.3, 0.4) is 0 Å². The molecule has 1 spiro atoms. The zero-order chi connectivity index (χ0) is 9.91. The van der Waals surface area contributed by atoms with E-state index in [1.165, 1.54) is 0 Å². The van der Waals surface area contributed by atoms with Crippen molar-refractivity contribution in [3.63, 3.8) is 0 Å². The van der Waals surface area contributed by atoms with Crippen molar-refractivity contribution < 1.29 is 9.53 Å². The summed E-state index contributed by atoms with van der Waals surface area (Å²) in [4.78, 5) is 11.9. The van der Waals surface area contributed by atoms with Gasteiger partial charge in [0.05, 0.1) is 12.0 Å². The molecular formula is C11H18O2. The van der Waals surface area contributed by atoms with Gasteiger partial charge in [-0.05, 0) is 11.8 Å². The normalized spacial score (nSPS) is 40.8. The average molecular weight is 182 g/mol. The van der Waals surface area contributed by atoms with E-state index in [1.807, 2.05) is 13.8 Å². The molecule has 0 bridgehead atoms. The van der Waals surface area contributed by atoms with Crippen LogP contribution in [0.15, 0.2) is 0 Å². The van der Waals surface area contributed by atoms with Crippen LogP contribution < -0.4 is 0 Å². The van der Waals surface area contributed by atoms with Gasteiger partial charge in [-0.25, -0.2) is 0 Å². The number of hydrogen-bond donors (Lipinski definition) is 0. The van der Waals surface area contributed by atoms with E-state index in [2.05, 4.69) is 13.8 Å². The number of Topliss-reactive ketones (excluding diaryl/α,β-unsaturated/α-hetero) is 1. The van der Waals surface area contributed by atoms with Crippen molar-refractivity contribution in [3.05, 3.63) is 0 Å². The summed E-state index contributed by atoms with van der Waals surface area (Å²) in [7, 11) is 0. The summed E-state index contributed by atoms with van der Waals surface area (Å²) in [6.45, 7) is 9.14. The molecule has 1 atom stereocenters. The highest BCUT2D eigenvalue weighted by atomic mass is 16.6. The first kappa shape index (κ1) is 9.20. The van der Waals surface area contributed by atoms with Gasteiger partial charge in [0, 0.05) is 6.42 Å². The maximum absolute atomic E-state index is 11.9. The molecule has 0 aromatic rings. The molecule has 2 nitrogen and oxygen atoms in total. The van der Waals surface area contributed by atoms with Crippen LogP contribution in [0.1, 0.15) is 40.5 Å². The van der Waals surface area contributed by atoms with Gasteiger partial charge in [-0.1, -0.05) is 27.7 Å². The molecule has 1 unspecified atom stereocenters. The molecule has 2 fully saturated rings. The summed E-state index contributed by atoms with van der Waals surface area (Å²) in [5, 5.41) is 0. The van der Waals surface area contributed by atoms with Crippen LogP contribution in [0, 0.1) is 10.8 Å². The van der Waals surface area contributed by atoms with Crippen molar-refractivity contribution in [2.24, 2.45) is 10.8 Å². The average Bonchev–Trinajstić information content (AvgIpc) is 2.64. The monoisotopic (exact) mass is 182 g/mol. The Kier molecular flexibility index (Phi) is 1.53. The van der Waals surface area contributed by atoms with Crippen molar-refractivity contribution >= 4 is 5.78 Å². The van der Waals surface area contributed by atoms with Gasteiger partial charge in [0.2, 0.25) is 0 Å². The molecule has 1 aliphatic carbocycles. The first-order chi connectivity index (χ1) is 5.79. The van der Waals surface area contributed by atoms with Crippen molar-refractivity contribution in [1.82, 2.24) is 0 Å². The SMILES string of the molecule is CC1(C)CC(=O)C(C)(C)C2(CO2)C1. The quantitative estimate of drug-likeness (QED) is 0.537. The third kappa shape index (κ3) is 1.15. The van der Waals surface area contributed by atoms with Gasteiger partial charge >= 0.3 is 0 Å². The number of carbonyl (C=O) groups excluding carboxylic acids is 1. The zero-order valence-corrected chi connectivity index (χ0v) is 8.94. The van der Waals surface area contributed by atoms with E-state index < -0.39 is 0 Å².